The van der Waals surface area contributed by atoms with E-state index in [1.807, 2.05) is 18.2 Å². The Kier molecular flexibility index (Phi) is 4.68. The molecule has 2 rings (SSSR count). The van der Waals surface area contributed by atoms with Crippen LogP contribution in [0, 0.1) is 13.8 Å². The summed E-state index contributed by atoms with van der Waals surface area (Å²) in [6.07, 6.45) is 0.789. The number of methoxy groups -OCH3 is 2. The zero-order valence-corrected chi connectivity index (χ0v) is 13.2. The van der Waals surface area contributed by atoms with Gasteiger partial charge in [-0.05, 0) is 49.6 Å². The standard InChI is InChI=1S/C16H21NO2S/c1-10-7-13(11(2)20-10)14(17)8-12-5-6-15(18-3)16(9-12)19-4/h5-7,9,14H,8,17H2,1-4H3. The van der Waals surface area contributed by atoms with Crippen LogP contribution in [-0.2, 0) is 6.42 Å². The summed E-state index contributed by atoms with van der Waals surface area (Å²) in [4.78, 5) is 2.61. The summed E-state index contributed by atoms with van der Waals surface area (Å²) in [6.45, 7) is 4.24. The average molecular weight is 291 g/mol. The predicted octanol–water partition coefficient (Wildman–Crippen LogP) is 3.62. The van der Waals surface area contributed by atoms with Gasteiger partial charge in [0.1, 0.15) is 0 Å². The molecule has 0 fully saturated rings. The highest BCUT2D eigenvalue weighted by molar-refractivity contribution is 7.12. The maximum atomic E-state index is 6.34. The number of aryl methyl sites for hydroxylation is 2. The molecule has 2 aromatic rings. The summed E-state index contributed by atoms with van der Waals surface area (Å²) in [5, 5.41) is 0. The fourth-order valence-corrected chi connectivity index (χ4v) is 3.39. The van der Waals surface area contributed by atoms with Crippen LogP contribution in [0.4, 0.5) is 0 Å². The van der Waals surface area contributed by atoms with Gasteiger partial charge in [-0.15, -0.1) is 11.3 Å². The van der Waals surface area contributed by atoms with Crippen molar-refractivity contribution in [1.82, 2.24) is 0 Å². The van der Waals surface area contributed by atoms with Crippen molar-refractivity contribution in [3.05, 3.63) is 45.1 Å². The number of ether oxygens (including phenoxy) is 2. The highest BCUT2D eigenvalue weighted by Crippen LogP contribution is 2.31. The quantitative estimate of drug-likeness (QED) is 0.915. The van der Waals surface area contributed by atoms with Crippen LogP contribution in [0.3, 0.4) is 0 Å². The smallest absolute Gasteiger partial charge is 0.160 e. The van der Waals surface area contributed by atoms with E-state index in [1.165, 1.54) is 15.3 Å². The van der Waals surface area contributed by atoms with Gasteiger partial charge in [0.15, 0.2) is 11.5 Å². The van der Waals surface area contributed by atoms with Gasteiger partial charge in [-0.1, -0.05) is 6.07 Å². The zero-order valence-electron chi connectivity index (χ0n) is 12.4. The molecular weight excluding hydrogens is 270 g/mol. The van der Waals surface area contributed by atoms with Crippen molar-refractivity contribution >= 4 is 11.3 Å². The van der Waals surface area contributed by atoms with Gasteiger partial charge in [0.05, 0.1) is 14.2 Å². The van der Waals surface area contributed by atoms with Gasteiger partial charge in [-0.2, -0.15) is 0 Å². The van der Waals surface area contributed by atoms with E-state index < -0.39 is 0 Å². The van der Waals surface area contributed by atoms with Crippen molar-refractivity contribution in [2.24, 2.45) is 5.73 Å². The monoisotopic (exact) mass is 291 g/mol. The third-order valence-electron chi connectivity index (χ3n) is 3.38. The molecule has 0 radical (unpaired) electrons. The second kappa shape index (κ2) is 6.29. The summed E-state index contributed by atoms with van der Waals surface area (Å²) in [5.74, 6) is 1.49. The molecule has 108 valence electrons. The number of hydrogen-bond donors (Lipinski definition) is 1. The fourth-order valence-electron chi connectivity index (χ4n) is 2.39. The van der Waals surface area contributed by atoms with Gasteiger partial charge in [0.25, 0.3) is 0 Å². The highest BCUT2D eigenvalue weighted by Gasteiger charge is 2.13. The second-order valence-corrected chi connectivity index (χ2v) is 6.33. The summed E-state index contributed by atoms with van der Waals surface area (Å²) >= 11 is 1.80. The van der Waals surface area contributed by atoms with E-state index in [-0.39, 0.29) is 6.04 Å². The van der Waals surface area contributed by atoms with E-state index >= 15 is 0 Å². The Morgan fingerprint density at radius 2 is 1.80 bits per heavy atom. The SMILES string of the molecule is COc1ccc(CC(N)c2cc(C)sc2C)cc1OC. The minimum Gasteiger partial charge on any atom is -0.493 e. The van der Waals surface area contributed by atoms with Crippen LogP contribution in [-0.4, -0.2) is 14.2 Å². The number of rotatable bonds is 5. The molecule has 4 heteroatoms. The molecule has 20 heavy (non-hydrogen) atoms. The van der Waals surface area contributed by atoms with Crippen LogP contribution in [0.2, 0.25) is 0 Å². The van der Waals surface area contributed by atoms with Crippen molar-refractivity contribution in [3.8, 4) is 11.5 Å². The molecule has 0 aliphatic carbocycles. The third-order valence-corrected chi connectivity index (χ3v) is 4.36. The Morgan fingerprint density at radius 3 is 2.35 bits per heavy atom. The minimum atomic E-state index is 0.0121. The number of hydrogen-bond acceptors (Lipinski definition) is 4. The van der Waals surface area contributed by atoms with E-state index in [0.717, 1.165) is 23.5 Å². The Bertz CT molecular complexity index is 592. The molecule has 0 saturated heterocycles. The zero-order chi connectivity index (χ0) is 14.7. The van der Waals surface area contributed by atoms with Crippen molar-refractivity contribution in [2.75, 3.05) is 14.2 Å². The maximum absolute atomic E-state index is 6.34. The number of benzene rings is 1. The molecular formula is C16H21NO2S. The van der Waals surface area contributed by atoms with Gasteiger partial charge in [-0.25, -0.2) is 0 Å². The first kappa shape index (κ1) is 14.9. The van der Waals surface area contributed by atoms with E-state index in [4.69, 9.17) is 15.2 Å². The Hall–Kier alpha value is -1.52. The van der Waals surface area contributed by atoms with Crippen molar-refractivity contribution in [3.63, 3.8) is 0 Å². The van der Waals surface area contributed by atoms with Crippen LogP contribution in [0.15, 0.2) is 24.3 Å². The van der Waals surface area contributed by atoms with Crippen LogP contribution in [0.1, 0.15) is 26.9 Å². The lowest BCUT2D eigenvalue weighted by atomic mass is 10.00. The molecule has 1 heterocycles. The molecule has 1 unspecified atom stereocenters. The van der Waals surface area contributed by atoms with E-state index in [9.17, 15) is 0 Å². The van der Waals surface area contributed by atoms with Gasteiger partial charge in [-0.3, -0.25) is 0 Å². The molecule has 3 nitrogen and oxygen atoms in total. The highest BCUT2D eigenvalue weighted by atomic mass is 32.1. The first-order chi connectivity index (χ1) is 9.55. The van der Waals surface area contributed by atoms with Gasteiger partial charge in [0, 0.05) is 15.8 Å². The minimum absolute atomic E-state index is 0.0121. The first-order valence-electron chi connectivity index (χ1n) is 6.58. The third kappa shape index (κ3) is 3.14. The summed E-state index contributed by atoms with van der Waals surface area (Å²) in [7, 11) is 3.29. The van der Waals surface area contributed by atoms with Crippen LogP contribution >= 0.6 is 11.3 Å². The lowest BCUT2D eigenvalue weighted by molar-refractivity contribution is 0.354. The average Bonchev–Trinajstić information content (AvgIpc) is 2.77. The van der Waals surface area contributed by atoms with Crippen molar-refractivity contribution < 1.29 is 9.47 Å². The van der Waals surface area contributed by atoms with E-state index in [0.29, 0.717) is 0 Å². The van der Waals surface area contributed by atoms with Gasteiger partial charge in [0.2, 0.25) is 0 Å². The Labute approximate surface area is 124 Å². The Morgan fingerprint density at radius 1 is 1.10 bits per heavy atom. The predicted molar refractivity (Wildman–Crippen MR) is 84.0 cm³/mol. The fraction of sp³-hybridized carbons (Fsp3) is 0.375. The molecule has 0 spiro atoms. The normalized spacial score (nSPS) is 12.2. The van der Waals surface area contributed by atoms with Gasteiger partial charge < -0.3 is 15.2 Å². The summed E-state index contributed by atoms with van der Waals surface area (Å²) in [6, 6.07) is 8.15. The number of nitrogens with two attached hydrogens (primary N) is 1. The molecule has 0 bridgehead atoms. The maximum Gasteiger partial charge on any atom is 0.160 e. The molecule has 2 N–H and O–H groups in total. The lowest BCUT2D eigenvalue weighted by Gasteiger charge is -2.14. The molecule has 0 aliphatic heterocycles. The molecule has 0 aliphatic rings. The summed E-state index contributed by atoms with van der Waals surface area (Å²) < 4.78 is 10.6. The molecule has 1 aromatic heterocycles. The first-order valence-corrected chi connectivity index (χ1v) is 7.40. The Balaban J connectivity index is 2.19. The molecule has 0 amide bonds. The van der Waals surface area contributed by atoms with Gasteiger partial charge >= 0.3 is 0 Å². The van der Waals surface area contributed by atoms with Crippen LogP contribution < -0.4 is 15.2 Å². The van der Waals surface area contributed by atoms with Crippen LogP contribution in [0.5, 0.6) is 11.5 Å². The number of thiophene rings is 1. The van der Waals surface area contributed by atoms with E-state index in [1.54, 1.807) is 25.6 Å². The molecule has 1 atom stereocenters. The largest absolute Gasteiger partial charge is 0.493 e. The second-order valence-electron chi connectivity index (χ2n) is 4.87. The van der Waals surface area contributed by atoms with Crippen molar-refractivity contribution in [2.45, 2.75) is 26.3 Å². The topological polar surface area (TPSA) is 44.5 Å². The van der Waals surface area contributed by atoms with Crippen LogP contribution in [0.25, 0.3) is 0 Å². The van der Waals surface area contributed by atoms with E-state index in [2.05, 4.69) is 19.9 Å². The summed E-state index contributed by atoms with van der Waals surface area (Å²) in [5.41, 5.74) is 8.73. The molecule has 1 aromatic carbocycles. The molecule has 0 saturated carbocycles. The lowest BCUT2D eigenvalue weighted by Crippen LogP contribution is -2.13. The van der Waals surface area contributed by atoms with Crippen molar-refractivity contribution in [1.29, 1.82) is 0 Å².